The normalized spacial score (nSPS) is 11.7. The molecule has 0 aliphatic carbocycles. The molecule has 0 heterocycles. The number of rotatable bonds is 10. The van der Waals surface area contributed by atoms with Gasteiger partial charge in [-0.1, -0.05) is 160 Å². The lowest BCUT2D eigenvalue weighted by atomic mass is 9.87. The molecule has 0 spiro atoms. The van der Waals surface area contributed by atoms with Gasteiger partial charge < -0.3 is 9.80 Å². The Morgan fingerprint density at radius 1 is 0.443 bits per heavy atom. The van der Waals surface area contributed by atoms with E-state index in [4.69, 9.17) is 11.6 Å². The molecular formula is C55H49ClF2N2Si. The van der Waals surface area contributed by atoms with E-state index in [0.717, 1.165) is 33.8 Å². The van der Waals surface area contributed by atoms with E-state index in [1.807, 2.05) is 30.0 Å². The average Bonchev–Trinajstić information content (AvgIpc) is 3.25. The first-order valence-corrected chi connectivity index (χ1v) is 23.0. The molecule has 0 aromatic heterocycles. The second kappa shape index (κ2) is 17.0. The molecule has 0 unspecified atom stereocenters. The summed E-state index contributed by atoms with van der Waals surface area (Å²) in [5, 5.41) is 5.61. The minimum absolute atomic E-state index is 0.0539. The number of aryl methyl sites for hydroxylation is 3. The van der Waals surface area contributed by atoms with Crippen molar-refractivity contribution in [1.29, 1.82) is 0 Å². The molecule has 0 aliphatic rings. The largest absolute Gasteiger partial charge is 0.309 e. The Balaban J connectivity index is 1.40. The Morgan fingerprint density at radius 3 is 1.28 bits per heavy atom. The second-order valence-electron chi connectivity index (χ2n) is 16.9. The fourth-order valence-corrected chi connectivity index (χ4v) is 14.0. The number of halogens is 3. The van der Waals surface area contributed by atoms with Crippen LogP contribution in [0.3, 0.4) is 0 Å². The van der Waals surface area contributed by atoms with Gasteiger partial charge in [-0.15, -0.1) is 0 Å². The Labute approximate surface area is 365 Å². The van der Waals surface area contributed by atoms with E-state index in [-0.39, 0.29) is 5.41 Å². The molecule has 0 atom stereocenters. The molecule has 0 aliphatic heterocycles. The summed E-state index contributed by atoms with van der Waals surface area (Å²) < 4.78 is 30.0. The molecule has 2 nitrogen and oxygen atoms in total. The second-order valence-corrected chi connectivity index (χ2v) is 21.0. The summed E-state index contributed by atoms with van der Waals surface area (Å²) in [6.45, 7) is 13.1. The summed E-state index contributed by atoms with van der Waals surface area (Å²) in [4.78, 5) is 4.08. The summed E-state index contributed by atoms with van der Waals surface area (Å²) in [6.07, 6.45) is 0. The third-order valence-electron chi connectivity index (χ3n) is 11.6. The minimum atomic E-state index is -2.85. The van der Waals surface area contributed by atoms with Crippen molar-refractivity contribution in [3.8, 4) is 0 Å². The molecule has 8 aromatic carbocycles. The maximum atomic E-state index is 15.0. The van der Waals surface area contributed by atoms with E-state index in [1.54, 1.807) is 12.1 Å². The topological polar surface area (TPSA) is 6.48 Å². The van der Waals surface area contributed by atoms with E-state index in [2.05, 4.69) is 173 Å². The van der Waals surface area contributed by atoms with Crippen molar-refractivity contribution in [3.05, 3.63) is 227 Å². The highest BCUT2D eigenvalue weighted by Gasteiger charge is 2.42. The maximum absolute atomic E-state index is 15.0. The summed E-state index contributed by atoms with van der Waals surface area (Å²) in [5.41, 5.74) is 8.58. The van der Waals surface area contributed by atoms with Gasteiger partial charge in [-0.05, 0) is 130 Å². The van der Waals surface area contributed by atoms with Gasteiger partial charge in [0, 0.05) is 17.1 Å². The van der Waals surface area contributed by atoms with Gasteiger partial charge in [0.15, 0.2) is 8.07 Å². The van der Waals surface area contributed by atoms with Crippen molar-refractivity contribution >= 4 is 74.5 Å². The number of hydrogen-bond acceptors (Lipinski definition) is 2. The lowest BCUT2D eigenvalue weighted by Crippen LogP contribution is -2.74. The predicted octanol–water partition coefficient (Wildman–Crippen LogP) is 13.2. The molecule has 8 aromatic rings. The summed E-state index contributed by atoms with van der Waals surface area (Å²) in [5.74, 6) is -0.813. The van der Waals surface area contributed by atoms with Gasteiger partial charge in [0.1, 0.15) is 11.6 Å². The maximum Gasteiger partial charge on any atom is 0.179 e. The van der Waals surface area contributed by atoms with Crippen LogP contribution in [0.1, 0.15) is 43.0 Å². The zero-order chi connectivity index (χ0) is 42.9. The molecule has 0 radical (unpaired) electrons. The fourth-order valence-electron chi connectivity index (χ4n) is 8.80. The van der Waals surface area contributed by atoms with Gasteiger partial charge in [-0.2, -0.15) is 0 Å². The van der Waals surface area contributed by atoms with Crippen LogP contribution in [0, 0.1) is 32.4 Å². The molecule has 8 rings (SSSR count). The highest BCUT2D eigenvalue weighted by molar-refractivity contribution is 7.19. The number of benzene rings is 8. The summed E-state index contributed by atoms with van der Waals surface area (Å²) in [6, 6.07) is 63.0. The van der Waals surface area contributed by atoms with Crippen LogP contribution in [0.25, 0.3) is 0 Å². The van der Waals surface area contributed by atoms with Gasteiger partial charge in [0.2, 0.25) is 0 Å². The fraction of sp³-hybridized carbons (Fsp3) is 0.127. The van der Waals surface area contributed by atoms with E-state index in [1.165, 1.54) is 50.6 Å². The molecule has 61 heavy (non-hydrogen) atoms. The molecule has 0 saturated heterocycles. The highest BCUT2D eigenvalue weighted by Crippen LogP contribution is 2.49. The third kappa shape index (κ3) is 8.04. The van der Waals surface area contributed by atoms with Crippen LogP contribution < -0.4 is 30.5 Å². The van der Waals surface area contributed by atoms with Crippen LogP contribution in [0.5, 0.6) is 0 Å². The molecular weight excluding hydrogens is 790 g/mol. The van der Waals surface area contributed by atoms with E-state index < -0.39 is 19.7 Å². The minimum Gasteiger partial charge on any atom is -0.309 e. The first-order chi connectivity index (χ1) is 29.4. The molecule has 6 heteroatoms. The predicted molar refractivity (Wildman–Crippen MR) is 257 cm³/mol. The van der Waals surface area contributed by atoms with Crippen LogP contribution in [-0.2, 0) is 5.41 Å². The van der Waals surface area contributed by atoms with Crippen LogP contribution in [-0.4, -0.2) is 8.07 Å². The molecule has 304 valence electrons. The standard InChI is InChI=1S/C55H49ClF2N2Si/c1-38-32-51(59(45-20-16-18-42(57)36-45)46-21-17-19-43(58)37-46)53(56)52(33-38)60(44-30-28-41(29-31-44)55(4,5)6)54-39(2)34-50(35-40(54)3)61(47-22-10-7-11-23-47,48-24-12-8-13-25-48)49-26-14-9-15-27-49/h7-37H,1-6H3. The Kier molecular flexibility index (Phi) is 11.6. The van der Waals surface area contributed by atoms with Gasteiger partial charge in [-0.25, -0.2) is 8.78 Å². The van der Waals surface area contributed by atoms with Crippen molar-refractivity contribution in [3.63, 3.8) is 0 Å². The van der Waals surface area contributed by atoms with E-state index >= 15 is 0 Å². The summed E-state index contributed by atoms with van der Waals surface area (Å²) in [7, 11) is -2.85. The van der Waals surface area contributed by atoms with Crippen LogP contribution >= 0.6 is 11.6 Å². The first-order valence-electron chi connectivity index (χ1n) is 20.7. The van der Waals surface area contributed by atoms with Crippen LogP contribution in [0.4, 0.5) is 42.9 Å². The SMILES string of the molecule is Cc1cc(N(c2cccc(F)c2)c2cccc(F)c2)c(Cl)c(N(c2ccc(C(C)(C)C)cc2)c2c(C)cc([Si](c3ccccc3)(c3ccccc3)c3ccccc3)cc2C)c1. The number of hydrogen-bond donors (Lipinski definition) is 0. The first kappa shape index (κ1) is 41.5. The van der Waals surface area contributed by atoms with Gasteiger partial charge in [0.25, 0.3) is 0 Å². The smallest absolute Gasteiger partial charge is 0.179 e. The zero-order valence-corrected chi connectivity index (χ0v) is 37.2. The van der Waals surface area contributed by atoms with Gasteiger partial charge in [0.05, 0.1) is 22.1 Å². The third-order valence-corrected chi connectivity index (χ3v) is 16.7. The van der Waals surface area contributed by atoms with Crippen LogP contribution in [0.2, 0.25) is 5.02 Å². The number of nitrogens with zero attached hydrogens (tertiary/aromatic N) is 2. The summed E-state index contributed by atoms with van der Waals surface area (Å²) >= 11 is 7.74. The van der Waals surface area contributed by atoms with Crippen molar-refractivity contribution in [2.24, 2.45) is 0 Å². The molecule has 0 saturated carbocycles. The number of anilines is 6. The molecule has 0 fully saturated rings. The van der Waals surface area contributed by atoms with Gasteiger partial charge in [-0.3, -0.25) is 0 Å². The van der Waals surface area contributed by atoms with E-state index in [9.17, 15) is 8.78 Å². The van der Waals surface area contributed by atoms with Gasteiger partial charge >= 0.3 is 0 Å². The molecule has 0 N–H and O–H groups in total. The monoisotopic (exact) mass is 838 g/mol. The van der Waals surface area contributed by atoms with Crippen molar-refractivity contribution in [2.45, 2.75) is 47.0 Å². The van der Waals surface area contributed by atoms with Crippen LogP contribution in [0.15, 0.2) is 188 Å². The average molecular weight is 840 g/mol. The van der Waals surface area contributed by atoms with Crippen molar-refractivity contribution in [2.75, 3.05) is 9.80 Å². The highest BCUT2D eigenvalue weighted by atomic mass is 35.5. The Hall–Kier alpha value is -6.27. The lowest BCUT2D eigenvalue weighted by molar-refractivity contribution is 0.590. The Morgan fingerprint density at radius 2 is 0.869 bits per heavy atom. The molecule has 0 bridgehead atoms. The zero-order valence-electron chi connectivity index (χ0n) is 35.4. The van der Waals surface area contributed by atoms with Crippen molar-refractivity contribution in [1.82, 2.24) is 0 Å². The van der Waals surface area contributed by atoms with Crippen molar-refractivity contribution < 1.29 is 8.78 Å². The molecule has 0 amide bonds. The lowest BCUT2D eigenvalue weighted by Gasteiger charge is -2.37. The van der Waals surface area contributed by atoms with E-state index in [0.29, 0.717) is 22.1 Å². The Bertz CT molecular complexity index is 2640. The quantitative estimate of drug-likeness (QED) is 0.1000.